The highest BCUT2D eigenvalue weighted by atomic mass is 79.9. The van der Waals surface area contributed by atoms with Crippen LogP contribution in [0.5, 0.6) is 0 Å². The monoisotopic (exact) mass is 302 g/mol. The van der Waals surface area contributed by atoms with Crippen LogP contribution in [-0.4, -0.2) is 23.7 Å². The minimum absolute atomic E-state index is 0.211. The van der Waals surface area contributed by atoms with Gasteiger partial charge in [0, 0.05) is 11.5 Å². The van der Waals surface area contributed by atoms with Crippen molar-refractivity contribution in [3.63, 3.8) is 0 Å². The molecule has 0 radical (unpaired) electrons. The third kappa shape index (κ3) is 4.58. The number of carbonyl (C=O) groups is 1. The zero-order valence-electron chi connectivity index (χ0n) is 9.40. The summed E-state index contributed by atoms with van der Waals surface area (Å²) in [5, 5.41) is 0. The smallest absolute Gasteiger partial charge is 0.320 e. The molecule has 4 heteroatoms. The lowest BCUT2D eigenvalue weighted by Gasteiger charge is -2.07. The molecule has 0 aliphatic heterocycles. The molecule has 0 N–H and O–H groups in total. The molecule has 0 amide bonds. The molecule has 1 unspecified atom stereocenters. The van der Waals surface area contributed by atoms with E-state index in [2.05, 4.69) is 51.9 Å². The molecule has 0 aliphatic rings. The van der Waals surface area contributed by atoms with Crippen LogP contribution in [0.4, 0.5) is 0 Å². The fourth-order valence-corrected chi connectivity index (χ4v) is 2.90. The second-order valence-electron chi connectivity index (χ2n) is 3.49. The maximum absolute atomic E-state index is 11.1. The lowest BCUT2D eigenvalue weighted by atomic mass is 10.2. The summed E-state index contributed by atoms with van der Waals surface area (Å²) < 4.78 is 4.63. The average molecular weight is 303 g/mol. The summed E-state index contributed by atoms with van der Waals surface area (Å²) in [5.74, 6) is 1.43. The van der Waals surface area contributed by atoms with Gasteiger partial charge in [0.2, 0.25) is 0 Å². The van der Waals surface area contributed by atoms with Crippen molar-refractivity contribution in [2.75, 3.05) is 12.9 Å². The highest BCUT2D eigenvalue weighted by Gasteiger charge is 2.14. The number of rotatable bonds is 5. The summed E-state index contributed by atoms with van der Waals surface area (Å²) in [6, 6.07) is 8.39. The van der Waals surface area contributed by atoms with E-state index in [1.54, 1.807) is 11.8 Å². The number of hydrogen-bond acceptors (Lipinski definition) is 3. The zero-order valence-corrected chi connectivity index (χ0v) is 11.8. The van der Waals surface area contributed by atoms with Gasteiger partial charge >= 0.3 is 5.97 Å². The Labute approximate surface area is 109 Å². The molecule has 0 aliphatic carbocycles. The highest BCUT2D eigenvalue weighted by Crippen LogP contribution is 2.17. The standard InChI is InChI=1S/C12H15BrO2S/c1-9-4-3-5-10(6-9)7-16-8-11(13)12(14)15-2/h3-6,11H,7-8H2,1-2H3. The number of thioether (sulfide) groups is 1. The van der Waals surface area contributed by atoms with Crippen LogP contribution < -0.4 is 0 Å². The second-order valence-corrected chi connectivity index (χ2v) is 5.63. The van der Waals surface area contributed by atoms with Gasteiger partial charge in [-0.25, -0.2) is 0 Å². The summed E-state index contributed by atoms with van der Waals surface area (Å²) in [7, 11) is 1.40. The van der Waals surface area contributed by atoms with Gasteiger partial charge < -0.3 is 4.74 Å². The van der Waals surface area contributed by atoms with E-state index in [-0.39, 0.29) is 10.8 Å². The largest absolute Gasteiger partial charge is 0.468 e. The molecule has 1 aromatic rings. The minimum Gasteiger partial charge on any atom is -0.468 e. The van der Waals surface area contributed by atoms with Crippen molar-refractivity contribution in [1.82, 2.24) is 0 Å². The third-order valence-electron chi connectivity index (χ3n) is 2.07. The number of esters is 1. The Morgan fingerprint density at radius 3 is 2.94 bits per heavy atom. The number of hydrogen-bond donors (Lipinski definition) is 0. The Balaban J connectivity index is 2.33. The van der Waals surface area contributed by atoms with Gasteiger partial charge in [-0.2, -0.15) is 11.8 Å². The van der Waals surface area contributed by atoms with Crippen molar-refractivity contribution in [2.24, 2.45) is 0 Å². The number of aryl methyl sites for hydroxylation is 1. The summed E-state index contributed by atoms with van der Waals surface area (Å²) in [6.07, 6.45) is 0. The van der Waals surface area contributed by atoms with E-state index >= 15 is 0 Å². The van der Waals surface area contributed by atoms with Crippen LogP contribution in [0.1, 0.15) is 11.1 Å². The van der Waals surface area contributed by atoms with Gasteiger partial charge in [-0.15, -0.1) is 0 Å². The molecule has 0 spiro atoms. The fraction of sp³-hybridized carbons (Fsp3) is 0.417. The number of carbonyl (C=O) groups excluding carboxylic acids is 1. The number of ether oxygens (including phenoxy) is 1. The third-order valence-corrected chi connectivity index (χ3v) is 4.30. The van der Waals surface area contributed by atoms with Crippen molar-refractivity contribution in [3.05, 3.63) is 35.4 Å². The summed E-state index contributed by atoms with van der Waals surface area (Å²) in [4.78, 5) is 10.9. The molecule has 2 nitrogen and oxygen atoms in total. The first-order valence-corrected chi connectivity index (χ1v) is 7.05. The molecule has 1 rings (SSSR count). The molecular formula is C12H15BrO2S. The van der Waals surface area contributed by atoms with Gasteiger partial charge in [0.15, 0.2) is 0 Å². The van der Waals surface area contributed by atoms with Crippen molar-refractivity contribution in [3.8, 4) is 0 Å². The van der Waals surface area contributed by atoms with Gasteiger partial charge in [0.05, 0.1) is 7.11 Å². The fourth-order valence-electron chi connectivity index (χ4n) is 1.28. The van der Waals surface area contributed by atoms with Crippen LogP contribution in [0, 0.1) is 6.92 Å². The van der Waals surface area contributed by atoms with E-state index in [9.17, 15) is 4.79 Å². The van der Waals surface area contributed by atoms with E-state index in [1.165, 1.54) is 18.2 Å². The Morgan fingerprint density at radius 2 is 2.31 bits per heavy atom. The van der Waals surface area contributed by atoms with E-state index in [0.29, 0.717) is 0 Å². The van der Waals surface area contributed by atoms with Crippen LogP contribution in [0.15, 0.2) is 24.3 Å². The number of benzene rings is 1. The van der Waals surface area contributed by atoms with Crippen LogP contribution in [-0.2, 0) is 15.3 Å². The molecule has 16 heavy (non-hydrogen) atoms. The van der Waals surface area contributed by atoms with E-state index in [0.717, 1.165) is 11.5 Å². The van der Waals surface area contributed by atoms with E-state index in [1.807, 2.05) is 0 Å². The molecule has 0 bridgehead atoms. The maximum Gasteiger partial charge on any atom is 0.320 e. The number of alkyl halides is 1. The lowest BCUT2D eigenvalue weighted by molar-refractivity contribution is -0.139. The van der Waals surface area contributed by atoms with Gasteiger partial charge in [-0.1, -0.05) is 45.8 Å². The molecule has 0 fully saturated rings. The van der Waals surface area contributed by atoms with Gasteiger partial charge in [0.1, 0.15) is 4.83 Å². The summed E-state index contributed by atoms with van der Waals surface area (Å²) in [5.41, 5.74) is 2.55. The quantitative estimate of drug-likeness (QED) is 0.617. The highest BCUT2D eigenvalue weighted by molar-refractivity contribution is 9.10. The van der Waals surface area contributed by atoms with Crippen LogP contribution in [0.2, 0.25) is 0 Å². The Hall–Kier alpha value is -0.480. The molecular weight excluding hydrogens is 288 g/mol. The van der Waals surface area contributed by atoms with Crippen molar-refractivity contribution < 1.29 is 9.53 Å². The Morgan fingerprint density at radius 1 is 1.56 bits per heavy atom. The predicted octanol–water partition coefficient (Wildman–Crippen LogP) is 3.16. The molecule has 0 aromatic heterocycles. The summed E-state index contributed by atoms with van der Waals surface area (Å²) >= 11 is 5.02. The first-order chi connectivity index (χ1) is 7.63. The second kappa shape index (κ2) is 6.97. The summed E-state index contributed by atoms with van der Waals surface area (Å²) in [6.45, 7) is 2.08. The predicted molar refractivity (Wildman–Crippen MR) is 72.1 cm³/mol. The number of methoxy groups -OCH3 is 1. The van der Waals surface area contributed by atoms with Gasteiger partial charge in [0.25, 0.3) is 0 Å². The zero-order chi connectivity index (χ0) is 12.0. The molecule has 0 saturated carbocycles. The number of halogens is 1. The minimum atomic E-state index is -0.215. The molecule has 0 saturated heterocycles. The average Bonchev–Trinajstić information content (AvgIpc) is 2.28. The van der Waals surface area contributed by atoms with Crippen LogP contribution >= 0.6 is 27.7 Å². The van der Waals surface area contributed by atoms with Gasteiger partial charge in [-0.05, 0) is 12.5 Å². The maximum atomic E-state index is 11.1. The molecule has 1 aromatic carbocycles. The van der Waals surface area contributed by atoms with Crippen LogP contribution in [0.25, 0.3) is 0 Å². The van der Waals surface area contributed by atoms with E-state index < -0.39 is 0 Å². The van der Waals surface area contributed by atoms with Crippen LogP contribution in [0.3, 0.4) is 0 Å². The van der Waals surface area contributed by atoms with Crippen molar-refractivity contribution in [2.45, 2.75) is 17.5 Å². The first-order valence-electron chi connectivity index (χ1n) is 4.98. The Bertz CT molecular complexity index is 355. The van der Waals surface area contributed by atoms with Crippen molar-refractivity contribution >= 4 is 33.7 Å². The lowest BCUT2D eigenvalue weighted by Crippen LogP contribution is -2.17. The molecule has 88 valence electrons. The molecule has 0 heterocycles. The SMILES string of the molecule is COC(=O)C(Br)CSCc1cccc(C)c1. The van der Waals surface area contributed by atoms with Gasteiger partial charge in [-0.3, -0.25) is 4.79 Å². The molecule has 1 atom stereocenters. The first kappa shape index (κ1) is 13.6. The topological polar surface area (TPSA) is 26.3 Å². The van der Waals surface area contributed by atoms with E-state index in [4.69, 9.17) is 0 Å². The Kier molecular flexibility index (Phi) is 5.91. The normalized spacial score (nSPS) is 12.2. The van der Waals surface area contributed by atoms with Crippen molar-refractivity contribution in [1.29, 1.82) is 0 Å².